The number of aryl methyl sites for hydroxylation is 2. The SMILES string of the molecule is CCc1cc(C(F)(F)C(F)(F)C(F)(F)C(F)(F)C(F)(F)C(F)(F)C(F)(F)C(F)(F)C(F)(F)C(F)(F)c2cc(CC)c(N)c(C(C)C)c2)cc(C(C)C)c1N. The number of nitrogen functional groups attached to an aromatic ring is 2. The van der Waals surface area contributed by atoms with Gasteiger partial charge in [-0.2, -0.15) is 87.8 Å². The van der Waals surface area contributed by atoms with Gasteiger partial charge >= 0.3 is 59.2 Å². The molecule has 0 aromatic heterocycles. The lowest BCUT2D eigenvalue weighted by Gasteiger charge is -2.45. The number of hydrogen-bond acceptors (Lipinski definition) is 2. The molecule has 54 heavy (non-hydrogen) atoms. The lowest BCUT2D eigenvalue weighted by atomic mass is 9.82. The Morgan fingerprint density at radius 1 is 0.389 bits per heavy atom. The smallest absolute Gasteiger partial charge is 0.385 e. The summed E-state index contributed by atoms with van der Waals surface area (Å²) in [5.74, 6) is -85.2. The molecule has 0 bridgehead atoms. The third kappa shape index (κ3) is 6.18. The summed E-state index contributed by atoms with van der Waals surface area (Å²) in [6, 6.07) is -0.358. The van der Waals surface area contributed by atoms with E-state index in [9.17, 15) is 70.2 Å². The van der Waals surface area contributed by atoms with Crippen LogP contribution >= 0.6 is 0 Å². The van der Waals surface area contributed by atoms with E-state index in [1.807, 2.05) is 0 Å². The van der Waals surface area contributed by atoms with Crippen LogP contribution in [0.4, 0.5) is 99.2 Å². The van der Waals surface area contributed by atoms with Gasteiger partial charge in [-0.1, -0.05) is 41.5 Å². The highest BCUT2D eigenvalue weighted by atomic mass is 19.4. The van der Waals surface area contributed by atoms with E-state index in [1.165, 1.54) is 0 Å². The summed E-state index contributed by atoms with van der Waals surface area (Å²) in [5, 5.41) is 0. The Hall–Kier alpha value is -3.36. The molecular formula is C32H32F20N2. The summed E-state index contributed by atoms with van der Waals surface area (Å²) < 4.78 is 296. The summed E-state index contributed by atoms with van der Waals surface area (Å²) in [5.41, 5.74) is 3.53. The predicted molar refractivity (Wildman–Crippen MR) is 156 cm³/mol. The number of rotatable bonds is 15. The summed E-state index contributed by atoms with van der Waals surface area (Å²) in [6.45, 7) is 6.88. The summed E-state index contributed by atoms with van der Waals surface area (Å²) in [4.78, 5) is 0. The monoisotopic (exact) mass is 824 g/mol. The highest BCUT2D eigenvalue weighted by Gasteiger charge is 2.97. The molecule has 0 aliphatic heterocycles. The minimum atomic E-state index is -9.12. The highest BCUT2D eigenvalue weighted by Crippen LogP contribution is 2.67. The molecule has 0 saturated heterocycles. The van der Waals surface area contributed by atoms with Crippen molar-refractivity contribution in [1.29, 1.82) is 0 Å². The largest absolute Gasteiger partial charge is 0.398 e. The molecule has 310 valence electrons. The van der Waals surface area contributed by atoms with Crippen molar-refractivity contribution in [2.75, 3.05) is 11.5 Å². The van der Waals surface area contributed by atoms with Crippen LogP contribution in [0.3, 0.4) is 0 Å². The van der Waals surface area contributed by atoms with E-state index in [4.69, 9.17) is 11.5 Å². The molecule has 0 unspecified atom stereocenters. The number of anilines is 2. The van der Waals surface area contributed by atoms with Crippen molar-refractivity contribution in [3.8, 4) is 0 Å². The van der Waals surface area contributed by atoms with Crippen molar-refractivity contribution < 1.29 is 87.8 Å². The average molecular weight is 825 g/mol. The number of hydrogen-bond donors (Lipinski definition) is 2. The van der Waals surface area contributed by atoms with Gasteiger partial charge in [-0.15, -0.1) is 0 Å². The van der Waals surface area contributed by atoms with E-state index < -0.39 is 129 Å². The second-order valence-corrected chi connectivity index (χ2v) is 13.0. The molecule has 0 spiro atoms. The molecule has 0 saturated carbocycles. The average Bonchev–Trinajstić information content (AvgIpc) is 3.03. The van der Waals surface area contributed by atoms with E-state index in [2.05, 4.69) is 0 Å². The standard InChI is InChI=1S/C32H32F20N2/c1-7-15-9-17(11-19(13(3)4)21(15)53)23(33,34)25(37,38)27(41,42)29(45,46)31(49,50)32(51,52)30(47,48)28(43,44)26(39,40)24(35,36)18-10-16(8-2)22(54)20(12-18)14(5)6/h9-14H,7-8,53-54H2,1-6H3. The fourth-order valence-corrected chi connectivity index (χ4v) is 5.32. The first-order valence-corrected chi connectivity index (χ1v) is 15.4. The zero-order valence-corrected chi connectivity index (χ0v) is 28.6. The van der Waals surface area contributed by atoms with Crippen LogP contribution in [0.15, 0.2) is 24.3 Å². The second-order valence-electron chi connectivity index (χ2n) is 13.0. The third-order valence-electron chi connectivity index (χ3n) is 8.88. The Morgan fingerprint density at radius 3 is 0.778 bits per heavy atom. The van der Waals surface area contributed by atoms with Crippen LogP contribution in [0.1, 0.15) is 86.8 Å². The first kappa shape index (κ1) is 46.8. The molecule has 0 aliphatic rings. The molecule has 4 N–H and O–H groups in total. The molecule has 2 rings (SSSR count). The zero-order valence-electron chi connectivity index (χ0n) is 28.6. The molecule has 0 fully saturated rings. The lowest BCUT2D eigenvalue weighted by molar-refractivity contribution is -0.470. The van der Waals surface area contributed by atoms with Gasteiger partial charge in [0.2, 0.25) is 0 Å². The molecule has 0 amide bonds. The fraction of sp³-hybridized carbons (Fsp3) is 0.625. The Kier molecular flexibility index (Phi) is 11.9. The molecule has 2 aromatic rings. The van der Waals surface area contributed by atoms with Gasteiger partial charge in [0.15, 0.2) is 0 Å². The third-order valence-corrected chi connectivity index (χ3v) is 8.88. The van der Waals surface area contributed by atoms with Gasteiger partial charge < -0.3 is 11.5 Å². The predicted octanol–water partition coefficient (Wildman–Crippen LogP) is 12.2. The Balaban J connectivity index is 2.82. The lowest BCUT2D eigenvalue weighted by Crippen LogP contribution is -2.76. The maximum Gasteiger partial charge on any atom is 0.385 e. The normalized spacial score (nSPS) is 15.1. The molecule has 0 radical (unpaired) electrons. The van der Waals surface area contributed by atoms with Gasteiger partial charge in [-0.3, -0.25) is 0 Å². The molecule has 0 aliphatic carbocycles. The highest BCUT2D eigenvalue weighted by molar-refractivity contribution is 5.59. The number of benzene rings is 2. The Labute approximate surface area is 294 Å². The van der Waals surface area contributed by atoms with Crippen LogP contribution in [0.2, 0.25) is 0 Å². The molecule has 2 nitrogen and oxygen atoms in total. The maximum absolute atomic E-state index is 15.1. The van der Waals surface area contributed by atoms with Gasteiger partial charge in [0.05, 0.1) is 0 Å². The van der Waals surface area contributed by atoms with Crippen molar-refractivity contribution in [2.24, 2.45) is 0 Å². The second kappa shape index (κ2) is 13.7. The Morgan fingerprint density at radius 2 is 0.593 bits per heavy atom. The number of halogens is 20. The quantitative estimate of drug-likeness (QED) is 0.139. The minimum Gasteiger partial charge on any atom is -0.398 e. The first-order chi connectivity index (χ1) is 23.8. The Bertz CT molecular complexity index is 1570. The van der Waals surface area contributed by atoms with E-state index in [1.54, 1.807) is 0 Å². The summed E-state index contributed by atoms with van der Waals surface area (Å²) in [6.07, 6.45) is -0.913. The van der Waals surface area contributed by atoms with Crippen LogP contribution in [0.5, 0.6) is 0 Å². The topological polar surface area (TPSA) is 52.0 Å². The minimum absolute atomic E-state index is 0.0837. The van der Waals surface area contributed by atoms with E-state index in [0.29, 0.717) is 0 Å². The number of alkyl halides is 20. The molecule has 2 aromatic carbocycles. The van der Waals surface area contributed by atoms with Crippen LogP contribution in [0.25, 0.3) is 0 Å². The van der Waals surface area contributed by atoms with Crippen LogP contribution in [-0.4, -0.2) is 47.4 Å². The van der Waals surface area contributed by atoms with Gasteiger partial charge in [0.1, 0.15) is 0 Å². The van der Waals surface area contributed by atoms with Gasteiger partial charge in [-0.05, 0) is 71.2 Å². The number of nitrogens with two attached hydrogens (primary N) is 2. The van der Waals surface area contributed by atoms with Crippen molar-refractivity contribution in [3.63, 3.8) is 0 Å². The first-order valence-electron chi connectivity index (χ1n) is 15.4. The van der Waals surface area contributed by atoms with Gasteiger partial charge in [-0.25, -0.2) is 0 Å². The van der Waals surface area contributed by atoms with Gasteiger partial charge in [0, 0.05) is 22.5 Å². The molecule has 0 atom stereocenters. The summed E-state index contributed by atoms with van der Waals surface area (Å²) >= 11 is 0. The van der Waals surface area contributed by atoms with Crippen LogP contribution in [-0.2, 0) is 24.7 Å². The zero-order chi connectivity index (χ0) is 43.0. The van der Waals surface area contributed by atoms with E-state index >= 15 is 17.6 Å². The van der Waals surface area contributed by atoms with Crippen molar-refractivity contribution in [3.05, 3.63) is 57.6 Å². The molecule has 0 heterocycles. The fourth-order valence-electron chi connectivity index (χ4n) is 5.32. The van der Waals surface area contributed by atoms with Crippen molar-refractivity contribution in [2.45, 2.75) is 125 Å². The van der Waals surface area contributed by atoms with E-state index in [-0.39, 0.29) is 24.3 Å². The summed E-state index contributed by atoms with van der Waals surface area (Å²) in [7, 11) is 0. The van der Waals surface area contributed by atoms with Crippen LogP contribution in [0, 0.1) is 0 Å². The molecule has 22 heteroatoms. The molecular weight excluding hydrogens is 792 g/mol. The van der Waals surface area contributed by atoms with Crippen molar-refractivity contribution in [1.82, 2.24) is 0 Å². The van der Waals surface area contributed by atoms with Crippen LogP contribution < -0.4 is 11.5 Å². The van der Waals surface area contributed by atoms with Crippen molar-refractivity contribution >= 4 is 11.4 Å². The van der Waals surface area contributed by atoms with E-state index in [0.717, 1.165) is 41.5 Å². The maximum atomic E-state index is 15.1. The van der Waals surface area contributed by atoms with Gasteiger partial charge in [0.25, 0.3) is 0 Å².